The lowest BCUT2D eigenvalue weighted by Crippen LogP contribution is -2.03. The number of hydrogen-bond donors (Lipinski definition) is 1. The normalized spacial score (nSPS) is 10.8. The fraction of sp³-hybridized carbons (Fsp3) is 0.0769. The highest BCUT2D eigenvalue weighted by atomic mass is 35.5. The van der Waals surface area contributed by atoms with E-state index in [0.717, 1.165) is 0 Å². The van der Waals surface area contributed by atoms with Crippen LogP contribution in [0.1, 0.15) is 5.69 Å². The van der Waals surface area contributed by atoms with Crippen LogP contribution in [0.15, 0.2) is 12.3 Å². The third-order valence-corrected chi connectivity index (χ3v) is 5.34. The highest BCUT2D eigenvalue weighted by molar-refractivity contribution is 6.56. The summed E-state index contributed by atoms with van der Waals surface area (Å²) in [7, 11) is 0. The van der Waals surface area contributed by atoms with E-state index in [2.05, 4.69) is 4.98 Å². The zero-order valence-corrected chi connectivity index (χ0v) is 15.0. The first kappa shape index (κ1) is 17.9. The standard InChI is InChI=1S/C13H5Cl6NO2/c14-5-1-4(3-20-6(5)2-7(21)22)8-9(15)11(17)13(19)12(18)10(8)16/h1,3H,2H2,(H,21,22). The van der Waals surface area contributed by atoms with Gasteiger partial charge in [0.2, 0.25) is 0 Å². The Morgan fingerprint density at radius 1 is 0.955 bits per heavy atom. The molecule has 0 fully saturated rings. The van der Waals surface area contributed by atoms with E-state index in [-0.39, 0.29) is 42.3 Å². The van der Waals surface area contributed by atoms with Gasteiger partial charge in [-0.2, -0.15) is 0 Å². The molecule has 0 radical (unpaired) electrons. The molecule has 1 N–H and O–H groups in total. The van der Waals surface area contributed by atoms with E-state index in [1.54, 1.807) is 0 Å². The molecule has 22 heavy (non-hydrogen) atoms. The Morgan fingerprint density at radius 2 is 1.45 bits per heavy atom. The van der Waals surface area contributed by atoms with Crippen LogP contribution in [0.4, 0.5) is 0 Å². The molecule has 0 atom stereocenters. The SMILES string of the molecule is O=C(O)Cc1ncc(-c2c(Cl)c(Cl)c(Cl)c(Cl)c2Cl)cc1Cl. The van der Waals surface area contributed by atoms with Crippen molar-refractivity contribution in [1.29, 1.82) is 0 Å². The second kappa shape index (κ2) is 7.00. The van der Waals surface area contributed by atoms with E-state index in [4.69, 9.17) is 74.7 Å². The monoisotopic (exact) mass is 417 g/mol. The van der Waals surface area contributed by atoms with E-state index in [1.807, 2.05) is 0 Å². The highest BCUT2D eigenvalue weighted by Crippen LogP contribution is 2.48. The summed E-state index contributed by atoms with van der Waals surface area (Å²) in [6.45, 7) is 0. The lowest BCUT2D eigenvalue weighted by atomic mass is 10.1. The van der Waals surface area contributed by atoms with Gasteiger partial charge in [0, 0.05) is 17.3 Å². The number of rotatable bonds is 3. The zero-order chi connectivity index (χ0) is 16.6. The van der Waals surface area contributed by atoms with Gasteiger partial charge in [0.25, 0.3) is 0 Å². The maximum Gasteiger partial charge on any atom is 0.309 e. The summed E-state index contributed by atoms with van der Waals surface area (Å²) < 4.78 is 0. The summed E-state index contributed by atoms with van der Waals surface area (Å²) in [4.78, 5) is 14.7. The highest BCUT2D eigenvalue weighted by Gasteiger charge is 2.21. The van der Waals surface area contributed by atoms with Gasteiger partial charge in [-0.3, -0.25) is 9.78 Å². The third-order valence-electron chi connectivity index (χ3n) is 2.73. The molecule has 0 spiro atoms. The molecule has 1 aromatic heterocycles. The molecular weight excluding hydrogens is 415 g/mol. The number of halogens is 6. The van der Waals surface area contributed by atoms with E-state index < -0.39 is 5.97 Å². The van der Waals surface area contributed by atoms with E-state index in [0.29, 0.717) is 11.1 Å². The van der Waals surface area contributed by atoms with Crippen molar-refractivity contribution in [3.63, 3.8) is 0 Å². The van der Waals surface area contributed by atoms with Crippen LogP contribution in [0.5, 0.6) is 0 Å². The van der Waals surface area contributed by atoms with Crippen molar-refractivity contribution in [2.75, 3.05) is 0 Å². The van der Waals surface area contributed by atoms with Crippen LogP contribution >= 0.6 is 69.6 Å². The Morgan fingerprint density at radius 3 is 1.91 bits per heavy atom. The first-order valence-corrected chi connectivity index (χ1v) is 7.88. The van der Waals surface area contributed by atoms with Gasteiger partial charge in [-0.15, -0.1) is 0 Å². The summed E-state index contributed by atoms with van der Waals surface area (Å²) in [6, 6.07) is 1.49. The van der Waals surface area contributed by atoms with Crippen LogP contribution in [-0.2, 0) is 11.2 Å². The summed E-state index contributed by atoms with van der Waals surface area (Å²) >= 11 is 36.3. The number of aromatic nitrogens is 1. The summed E-state index contributed by atoms with van der Waals surface area (Å²) in [5.41, 5.74) is 0.977. The first-order chi connectivity index (χ1) is 10.2. The Bertz CT molecular complexity index is 749. The molecule has 116 valence electrons. The maximum absolute atomic E-state index is 10.7. The Hall–Kier alpha value is -0.420. The smallest absolute Gasteiger partial charge is 0.309 e. The number of pyridine rings is 1. The zero-order valence-electron chi connectivity index (χ0n) is 10.4. The quantitative estimate of drug-likeness (QED) is 0.469. The van der Waals surface area contributed by atoms with Gasteiger partial charge in [0.1, 0.15) is 0 Å². The second-order valence-corrected chi connectivity index (χ2v) is 6.46. The molecule has 0 aliphatic heterocycles. The van der Waals surface area contributed by atoms with Gasteiger partial charge in [-0.25, -0.2) is 0 Å². The minimum atomic E-state index is -1.05. The molecule has 0 unspecified atom stereocenters. The topological polar surface area (TPSA) is 50.2 Å². The van der Waals surface area contributed by atoms with Gasteiger partial charge in [0.15, 0.2) is 0 Å². The Balaban J connectivity index is 2.63. The Kier molecular flexibility index (Phi) is 5.70. The van der Waals surface area contributed by atoms with Crippen LogP contribution in [-0.4, -0.2) is 16.1 Å². The van der Waals surface area contributed by atoms with E-state index in [9.17, 15) is 4.79 Å². The summed E-state index contributed by atoms with van der Waals surface area (Å²) in [5.74, 6) is -1.05. The molecule has 0 amide bonds. The number of carbonyl (C=O) groups is 1. The lowest BCUT2D eigenvalue weighted by Gasteiger charge is -2.13. The van der Waals surface area contributed by atoms with Gasteiger partial charge in [-0.05, 0) is 6.07 Å². The first-order valence-electron chi connectivity index (χ1n) is 5.62. The second-order valence-electron chi connectivity index (χ2n) is 4.17. The van der Waals surface area contributed by atoms with Crippen molar-refractivity contribution in [2.24, 2.45) is 0 Å². The van der Waals surface area contributed by atoms with Gasteiger partial charge < -0.3 is 5.11 Å². The van der Waals surface area contributed by atoms with Crippen molar-refractivity contribution in [3.8, 4) is 11.1 Å². The minimum Gasteiger partial charge on any atom is -0.481 e. The fourth-order valence-electron chi connectivity index (χ4n) is 1.73. The molecule has 9 heteroatoms. The van der Waals surface area contributed by atoms with Crippen molar-refractivity contribution < 1.29 is 9.90 Å². The van der Waals surface area contributed by atoms with Crippen molar-refractivity contribution in [1.82, 2.24) is 4.98 Å². The number of aliphatic carboxylic acids is 1. The van der Waals surface area contributed by atoms with Gasteiger partial charge in [0.05, 0.1) is 42.3 Å². The number of nitrogens with zero attached hydrogens (tertiary/aromatic N) is 1. The van der Waals surface area contributed by atoms with Crippen molar-refractivity contribution in [2.45, 2.75) is 6.42 Å². The maximum atomic E-state index is 10.7. The summed E-state index contributed by atoms with van der Waals surface area (Å²) in [5, 5.41) is 9.30. The third kappa shape index (κ3) is 3.40. The minimum absolute atomic E-state index is 0.0450. The lowest BCUT2D eigenvalue weighted by molar-refractivity contribution is -0.136. The van der Waals surface area contributed by atoms with Crippen LogP contribution in [0.2, 0.25) is 30.1 Å². The van der Waals surface area contributed by atoms with Crippen LogP contribution in [0.25, 0.3) is 11.1 Å². The van der Waals surface area contributed by atoms with E-state index in [1.165, 1.54) is 12.3 Å². The predicted octanol–water partition coefficient (Wildman–Crippen LogP) is 6.30. The molecule has 1 heterocycles. The molecule has 0 saturated heterocycles. The van der Waals surface area contributed by atoms with Gasteiger partial charge >= 0.3 is 5.97 Å². The molecule has 0 aliphatic rings. The number of benzene rings is 1. The molecular formula is C13H5Cl6NO2. The largest absolute Gasteiger partial charge is 0.481 e. The van der Waals surface area contributed by atoms with E-state index >= 15 is 0 Å². The predicted molar refractivity (Wildman–Crippen MR) is 91.1 cm³/mol. The molecule has 2 aromatic rings. The van der Waals surface area contributed by atoms with Crippen LogP contribution in [0, 0.1) is 0 Å². The van der Waals surface area contributed by atoms with Crippen LogP contribution in [0.3, 0.4) is 0 Å². The molecule has 0 aliphatic carbocycles. The summed E-state index contributed by atoms with van der Waals surface area (Å²) in [6.07, 6.45) is 1.08. The molecule has 1 aromatic carbocycles. The number of carboxylic acids is 1. The molecule has 2 rings (SSSR count). The molecule has 0 saturated carbocycles. The van der Waals surface area contributed by atoms with Crippen LogP contribution < -0.4 is 0 Å². The Labute approximate surface area is 155 Å². The number of hydrogen-bond acceptors (Lipinski definition) is 2. The molecule has 3 nitrogen and oxygen atoms in total. The molecule has 0 bridgehead atoms. The van der Waals surface area contributed by atoms with Gasteiger partial charge in [-0.1, -0.05) is 69.6 Å². The number of carboxylic acid groups (broad SMARTS) is 1. The van der Waals surface area contributed by atoms with Crippen molar-refractivity contribution in [3.05, 3.63) is 48.1 Å². The van der Waals surface area contributed by atoms with Crippen molar-refractivity contribution >= 4 is 75.6 Å². The fourth-order valence-corrected chi connectivity index (χ4v) is 3.32. The average Bonchev–Trinajstić information content (AvgIpc) is 2.45. The average molecular weight is 420 g/mol.